The third kappa shape index (κ3) is 4.87. The summed E-state index contributed by atoms with van der Waals surface area (Å²) in [5.74, 6) is -0.107. The Morgan fingerprint density at radius 2 is 1.94 bits per heavy atom. The molecular formula is C12H18O6. The van der Waals surface area contributed by atoms with E-state index in [1.807, 2.05) is 0 Å². The number of carbonyl (C=O) groups is 1. The van der Waals surface area contributed by atoms with Crippen molar-refractivity contribution < 1.29 is 28.5 Å². The molecule has 0 unspecified atom stereocenters. The zero-order chi connectivity index (χ0) is 13.4. The molecule has 0 aliphatic rings. The minimum Gasteiger partial charge on any atom is -0.478 e. The molecule has 0 saturated carbocycles. The maximum absolute atomic E-state index is 10.8. The number of carboxylic acids is 1. The predicted octanol–water partition coefficient (Wildman–Crippen LogP) is 1.47. The molecule has 102 valence electrons. The van der Waals surface area contributed by atoms with Crippen LogP contribution in [0.2, 0.25) is 0 Å². The Morgan fingerprint density at radius 3 is 2.56 bits per heavy atom. The fourth-order valence-corrected chi connectivity index (χ4v) is 1.36. The largest absolute Gasteiger partial charge is 0.478 e. The molecule has 6 heteroatoms. The molecule has 1 N–H and O–H groups in total. The van der Waals surface area contributed by atoms with Crippen LogP contribution < -0.4 is 0 Å². The van der Waals surface area contributed by atoms with Crippen LogP contribution in [0.5, 0.6) is 0 Å². The Hall–Kier alpha value is -1.37. The van der Waals surface area contributed by atoms with Crippen LogP contribution in [0.1, 0.15) is 21.9 Å². The summed E-state index contributed by atoms with van der Waals surface area (Å²) in [4.78, 5) is 10.8. The fourth-order valence-electron chi connectivity index (χ4n) is 1.36. The van der Waals surface area contributed by atoms with Crippen molar-refractivity contribution in [3.8, 4) is 0 Å². The zero-order valence-electron chi connectivity index (χ0n) is 10.6. The molecule has 0 saturated heterocycles. The highest BCUT2D eigenvalue weighted by Crippen LogP contribution is 2.15. The van der Waals surface area contributed by atoms with Gasteiger partial charge in [0.25, 0.3) is 0 Å². The van der Waals surface area contributed by atoms with Crippen molar-refractivity contribution in [2.75, 3.05) is 33.5 Å². The number of carboxylic acid groups (broad SMARTS) is 1. The number of hydrogen-bond acceptors (Lipinski definition) is 5. The number of ether oxygens (including phenoxy) is 3. The lowest BCUT2D eigenvalue weighted by atomic mass is 10.2. The average molecular weight is 258 g/mol. The first kappa shape index (κ1) is 14.7. The maximum Gasteiger partial charge on any atom is 0.339 e. The fraction of sp³-hybridized carbons (Fsp3) is 0.583. The van der Waals surface area contributed by atoms with E-state index in [0.29, 0.717) is 37.9 Å². The van der Waals surface area contributed by atoms with E-state index in [-0.39, 0.29) is 12.2 Å². The SMILES string of the molecule is COCCOCCOCc1cc(C(=O)O)c(C)o1. The van der Waals surface area contributed by atoms with Gasteiger partial charge >= 0.3 is 5.97 Å². The second-order valence-electron chi connectivity index (χ2n) is 3.65. The van der Waals surface area contributed by atoms with Gasteiger partial charge in [-0.15, -0.1) is 0 Å². The van der Waals surface area contributed by atoms with Gasteiger partial charge < -0.3 is 23.7 Å². The lowest BCUT2D eigenvalue weighted by Gasteiger charge is -2.03. The molecule has 0 bridgehead atoms. The second kappa shape index (κ2) is 7.86. The van der Waals surface area contributed by atoms with Crippen molar-refractivity contribution >= 4 is 5.97 Å². The number of aryl methyl sites for hydroxylation is 1. The van der Waals surface area contributed by atoms with E-state index >= 15 is 0 Å². The summed E-state index contributed by atoms with van der Waals surface area (Å²) in [5.41, 5.74) is 0.171. The number of methoxy groups -OCH3 is 1. The molecular weight excluding hydrogens is 240 g/mol. The van der Waals surface area contributed by atoms with E-state index in [9.17, 15) is 4.79 Å². The Kier molecular flexibility index (Phi) is 6.42. The minimum atomic E-state index is -0.995. The number of hydrogen-bond donors (Lipinski definition) is 1. The van der Waals surface area contributed by atoms with E-state index in [2.05, 4.69) is 0 Å². The van der Waals surface area contributed by atoms with E-state index in [1.165, 1.54) is 6.07 Å². The molecule has 0 spiro atoms. The molecule has 0 radical (unpaired) electrons. The maximum atomic E-state index is 10.8. The van der Waals surface area contributed by atoms with Gasteiger partial charge in [0.2, 0.25) is 0 Å². The Balaban J connectivity index is 2.19. The molecule has 0 aromatic carbocycles. The third-order valence-corrected chi connectivity index (χ3v) is 2.25. The van der Waals surface area contributed by atoms with Gasteiger partial charge in [0.15, 0.2) is 0 Å². The average Bonchev–Trinajstić information content (AvgIpc) is 2.69. The van der Waals surface area contributed by atoms with Crippen LogP contribution >= 0.6 is 0 Å². The van der Waals surface area contributed by atoms with Crippen LogP contribution in [0.4, 0.5) is 0 Å². The summed E-state index contributed by atoms with van der Waals surface area (Å²) >= 11 is 0. The molecule has 1 aromatic rings. The van der Waals surface area contributed by atoms with Gasteiger partial charge in [0, 0.05) is 7.11 Å². The first-order valence-corrected chi connectivity index (χ1v) is 5.62. The zero-order valence-corrected chi connectivity index (χ0v) is 10.6. The highest BCUT2D eigenvalue weighted by atomic mass is 16.5. The standard InChI is InChI=1S/C12H18O6/c1-9-11(12(13)14)7-10(18-9)8-17-6-5-16-4-3-15-2/h7H,3-6,8H2,1-2H3,(H,13,14). The van der Waals surface area contributed by atoms with E-state index in [0.717, 1.165) is 0 Å². The van der Waals surface area contributed by atoms with Gasteiger partial charge in [-0.3, -0.25) is 0 Å². The number of rotatable bonds is 9. The van der Waals surface area contributed by atoms with Crippen molar-refractivity contribution in [3.63, 3.8) is 0 Å². The molecule has 0 fully saturated rings. The van der Waals surface area contributed by atoms with E-state index in [1.54, 1.807) is 14.0 Å². The molecule has 6 nitrogen and oxygen atoms in total. The Morgan fingerprint density at radius 1 is 1.28 bits per heavy atom. The molecule has 1 aromatic heterocycles. The van der Waals surface area contributed by atoms with Crippen molar-refractivity contribution in [1.29, 1.82) is 0 Å². The minimum absolute atomic E-state index is 0.171. The van der Waals surface area contributed by atoms with Crippen molar-refractivity contribution in [2.45, 2.75) is 13.5 Å². The summed E-state index contributed by atoms with van der Waals surface area (Å²) in [6.45, 7) is 3.82. The van der Waals surface area contributed by atoms with Gasteiger partial charge in [-0.1, -0.05) is 0 Å². The van der Waals surface area contributed by atoms with Crippen LogP contribution in [0.25, 0.3) is 0 Å². The second-order valence-corrected chi connectivity index (χ2v) is 3.65. The Labute approximate surface area is 105 Å². The highest BCUT2D eigenvalue weighted by molar-refractivity contribution is 5.88. The highest BCUT2D eigenvalue weighted by Gasteiger charge is 2.13. The monoisotopic (exact) mass is 258 g/mol. The smallest absolute Gasteiger partial charge is 0.339 e. The van der Waals surface area contributed by atoms with Crippen LogP contribution in [-0.2, 0) is 20.8 Å². The molecule has 0 amide bonds. The Bertz CT molecular complexity index is 371. The molecule has 1 heterocycles. The number of furan rings is 1. The van der Waals surface area contributed by atoms with Crippen LogP contribution in [0.3, 0.4) is 0 Å². The van der Waals surface area contributed by atoms with Crippen LogP contribution in [-0.4, -0.2) is 44.6 Å². The van der Waals surface area contributed by atoms with Crippen molar-refractivity contribution in [3.05, 3.63) is 23.2 Å². The summed E-state index contributed by atoms with van der Waals surface area (Å²) in [6.07, 6.45) is 0. The topological polar surface area (TPSA) is 78.1 Å². The summed E-state index contributed by atoms with van der Waals surface area (Å²) in [7, 11) is 1.61. The normalized spacial score (nSPS) is 10.8. The lowest BCUT2D eigenvalue weighted by Crippen LogP contribution is -2.08. The summed E-state index contributed by atoms with van der Waals surface area (Å²) in [5, 5.41) is 8.84. The van der Waals surface area contributed by atoms with Crippen molar-refractivity contribution in [1.82, 2.24) is 0 Å². The summed E-state index contributed by atoms with van der Waals surface area (Å²) in [6, 6.07) is 1.48. The van der Waals surface area contributed by atoms with E-state index in [4.69, 9.17) is 23.7 Å². The molecule has 0 aliphatic heterocycles. The number of aromatic carboxylic acids is 1. The predicted molar refractivity (Wildman–Crippen MR) is 62.8 cm³/mol. The third-order valence-electron chi connectivity index (χ3n) is 2.25. The van der Waals surface area contributed by atoms with Gasteiger partial charge in [-0.25, -0.2) is 4.79 Å². The van der Waals surface area contributed by atoms with Gasteiger partial charge in [-0.05, 0) is 13.0 Å². The molecule has 18 heavy (non-hydrogen) atoms. The molecule has 0 aliphatic carbocycles. The van der Waals surface area contributed by atoms with Crippen LogP contribution in [0.15, 0.2) is 10.5 Å². The quantitative estimate of drug-likeness (QED) is 0.676. The van der Waals surface area contributed by atoms with Crippen molar-refractivity contribution in [2.24, 2.45) is 0 Å². The molecule has 0 atom stereocenters. The first-order chi connectivity index (χ1) is 8.65. The first-order valence-electron chi connectivity index (χ1n) is 5.62. The summed E-state index contributed by atoms with van der Waals surface area (Å²) < 4.78 is 20.6. The van der Waals surface area contributed by atoms with Gasteiger partial charge in [0.05, 0.1) is 26.4 Å². The van der Waals surface area contributed by atoms with Crippen LogP contribution in [0, 0.1) is 6.92 Å². The lowest BCUT2D eigenvalue weighted by molar-refractivity contribution is 0.0160. The van der Waals surface area contributed by atoms with Gasteiger partial charge in [-0.2, -0.15) is 0 Å². The van der Waals surface area contributed by atoms with Gasteiger partial charge in [0.1, 0.15) is 23.7 Å². The molecule has 1 rings (SSSR count). The van der Waals surface area contributed by atoms with E-state index < -0.39 is 5.97 Å².